The van der Waals surface area contributed by atoms with Gasteiger partial charge in [0, 0.05) is 22.4 Å². The number of amides is 1. The highest BCUT2D eigenvalue weighted by Gasteiger charge is 2.02. The predicted molar refractivity (Wildman–Crippen MR) is 70.4 cm³/mol. The SMILES string of the molecule is CNC(=O)c1ccc(Sc2ccccc2)cc1. The van der Waals surface area contributed by atoms with Crippen molar-refractivity contribution in [2.45, 2.75) is 9.79 Å². The minimum Gasteiger partial charge on any atom is -0.355 e. The summed E-state index contributed by atoms with van der Waals surface area (Å²) in [5.41, 5.74) is 0.685. The van der Waals surface area contributed by atoms with Crippen LogP contribution in [0.4, 0.5) is 0 Å². The summed E-state index contributed by atoms with van der Waals surface area (Å²) in [5, 5.41) is 2.60. The normalized spacial score (nSPS) is 9.94. The molecule has 0 unspecified atom stereocenters. The smallest absolute Gasteiger partial charge is 0.251 e. The number of hydrogen-bond donors (Lipinski definition) is 1. The van der Waals surface area contributed by atoms with Gasteiger partial charge in [0.1, 0.15) is 0 Å². The van der Waals surface area contributed by atoms with Gasteiger partial charge >= 0.3 is 0 Å². The van der Waals surface area contributed by atoms with E-state index in [0.717, 1.165) is 4.90 Å². The van der Waals surface area contributed by atoms with Crippen molar-refractivity contribution in [3.63, 3.8) is 0 Å². The van der Waals surface area contributed by atoms with Crippen LogP contribution in [-0.2, 0) is 0 Å². The predicted octanol–water partition coefficient (Wildman–Crippen LogP) is 3.20. The number of carbonyl (C=O) groups excluding carboxylic acids is 1. The summed E-state index contributed by atoms with van der Waals surface area (Å²) in [6, 6.07) is 17.8. The lowest BCUT2D eigenvalue weighted by atomic mass is 10.2. The lowest BCUT2D eigenvalue weighted by Gasteiger charge is -2.03. The summed E-state index contributed by atoms with van der Waals surface area (Å²) in [4.78, 5) is 13.7. The van der Waals surface area contributed by atoms with E-state index in [-0.39, 0.29) is 5.91 Å². The first-order valence-corrected chi connectivity index (χ1v) is 6.16. The third kappa shape index (κ3) is 3.11. The zero-order chi connectivity index (χ0) is 12.1. The molecule has 0 radical (unpaired) electrons. The fourth-order valence-electron chi connectivity index (χ4n) is 1.44. The van der Waals surface area contributed by atoms with Crippen molar-refractivity contribution >= 4 is 17.7 Å². The molecule has 17 heavy (non-hydrogen) atoms. The maximum atomic E-state index is 11.4. The van der Waals surface area contributed by atoms with Crippen molar-refractivity contribution in [2.24, 2.45) is 0 Å². The third-order valence-corrected chi connectivity index (χ3v) is 3.34. The maximum Gasteiger partial charge on any atom is 0.251 e. The van der Waals surface area contributed by atoms with Gasteiger partial charge in [-0.25, -0.2) is 0 Å². The van der Waals surface area contributed by atoms with E-state index in [1.165, 1.54) is 4.90 Å². The van der Waals surface area contributed by atoms with Crippen molar-refractivity contribution < 1.29 is 4.79 Å². The van der Waals surface area contributed by atoms with Crippen molar-refractivity contribution in [1.82, 2.24) is 5.32 Å². The highest BCUT2D eigenvalue weighted by atomic mass is 32.2. The standard InChI is InChI=1S/C14H13NOS/c1-15-14(16)11-7-9-13(10-8-11)17-12-5-3-2-4-6-12/h2-10H,1H3,(H,15,16). The second-order valence-corrected chi connectivity index (χ2v) is 4.67. The topological polar surface area (TPSA) is 29.1 Å². The van der Waals surface area contributed by atoms with E-state index in [1.807, 2.05) is 42.5 Å². The van der Waals surface area contributed by atoms with Gasteiger partial charge in [-0.05, 0) is 36.4 Å². The number of benzene rings is 2. The van der Waals surface area contributed by atoms with Gasteiger partial charge in [0.2, 0.25) is 0 Å². The fourth-order valence-corrected chi connectivity index (χ4v) is 2.28. The molecule has 0 aliphatic heterocycles. The molecule has 2 rings (SSSR count). The molecule has 0 saturated carbocycles. The first-order chi connectivity index (χ1) is 8.29. The number of rotatable bonds is 3. The summed E-state index contributed by atoms with van der Waals surface area (Å²) in [5.74, 6) is -0.0544. The maximum absolute atomic E-state index is 11.4. The zero-order valence-electron chi connectivity index (χ0n) is 9.51. The van der Waals surface area contributed by atoms with Gasteiger partial charge in [-0.1, -0.05) is 30.0 Å². The summed E-state index contributed by atoms with van der Waals surface area (Å²) < 4.78 is 0. The van der Waals surface area contributed by atoms with Crippen LogP contribution in [0.15, 0.2) is 64.4 Å². The summed E-state index contributed by atoms with van der Waals surface area (Å²) >= 11 is 1.68. The number of carbonyl (C=O) groups is 1. The van der Waals surface area contributed by atoms with Gasteiger partial charge in [0.15, 0.2) is 0 Å². The molecule has 0 aromatic heterocycles. The lowest BCUT2D eigenvalue weighted by Crippen LogP contribution is -2.17. The molecule has 0 saturated heterocycles. The van der Waals surface area contributed by atoms with Crippen LogP contribution in [-0.4, -0.2) is 13.0 Å². The van der Waals surface area contributed by atoms with Crippen LogP contribution in [0.5, 0.6) is 0 Å². The molecule has 86 valence electrons. The van der Waals surface area contributed by atoms with E-state index in [1.54, 1.807) is 18.8 Å². The molecule has 1 amide bonds. The van der Waals surface area contributed by atoms with Crippen molar-refractivity contribution in [1.29, 1.82) is 0 Å². The molecule has 0 bridgehead atoms. The van der Waals surface area contributed by atoms with Gasteiger partial charge in [-0.2, -0.15) is 0 Å². The third-order valence-electron chi connectivity index (χ3n) is 2.32. The van der Waals surface area contributed by atoms with Gasteiger partial charge < -0.3 is 5.32 Å². The first kappa shape index (κ1) is 11.7. The molecule has 2 aromatic carbocycles. The average molecular weight is 243 g/mol. The largest absolute Gasteiger partial charge is 0.355 e. The average Bonchev–Trinajstić information content (AvgIpc) is 2.40. The summed E-state index contributed by atoms with van der Waals surface area (Å²) in [6.45, 7) is 0. The van der Waals surface area contributed by atoms with Gasteiger partial charge in [0.25, 0.3) is 5.91 Å². The molecule has 0 spiro atoms. The molecule has 3 heteroatoms. The van der Waals surface area contributed by atoms with Crippen LogP contribution in [0.2, 0.25) is 0 Å². The molecule has 0 fully saturated rings. The van der Waals surface area contributed by atoms with E-state index < -0.39 is 0 Å². The Morgan fingerprint density at radius 2 is 1.53 bits per heavy atom. The Hall–Kier alpha value is -1.74. The quantitative estimate of drug-likeness (QED) is 0.897. The highest BCUT2D eigenvalue weighted by Crippen LogP contribution is 2.27. The van der Waals surface area contributed by atoms with E-state index >= 15 is 0 Å². The first-order valence-electron chi connectivity index (χ1n) is 5.34. The molecule has 0 atom stereocenters. The Bertz CT molecular complexity index is 493. The van der Waals surface area contributed by atoms with Crippen molar-refractivity contribution in [3.8, 4) is 0 Å². The van der Waals surface area contributed by atoms with Gasteiger partial charge in [-0.15, -0.1) is 0 Å². The highest BCUT2D eigenvalue weighted by molar-refractivity contribution is 7.99. The van der Waals surface area contributed by atoms with E-state index in [4.69, 9.17) is 0 Å². The van der Waals surface area contributed by atoms with Crippen molar-refractivity contribution in [2.75, 3.05) is 7.05 Å². The Kier molecular flexibility index (Phi) is 3.83. The summed E-state index contributed by atoms with van der Waals surface area (Å²) in [6.07, 6.45) is 0. The van der Waals surface area contributed by atoms with Crippen LogP contribution in [0.1, 0.15) is 10.4 Å². The minimum absolute atomic E-state index is 0.0544. The molecule has 0 aliphatic carbocycles. The van der Waals surface area contributed by atoms with Gasteiger partial charge in [-0.3, -0.25) is 4.79 Å². The van der Waals surface area contributed by atoms with Crippen LogP contribution in [0.25, 0.3) is 0 Å². The monoisotopic (exact) mass is 243 g/mol. The second-order valence-electron chi connectivity index (χ2n) is 3.52. The Labute approximate surface area is 105 Å². The molecule has 2 aromatic rings. The van der Waals surface area contributed by atoms with E-state index in [9.17, 15) is 4.79 Å². The Morgan fingerprint density at radius 3 is 2.12 bits per heavy atom. The molecule has 0 heterocycles. The van der Waals surface area contributed by atoms with E-state index in [2.05, 4.69) is 17.4 Å². The molecule has 1 N–H and O–H groups in total. The van der Waals surface area contributed by atoms with Crippen LogP contribution in [0.3, 0.4) is 0 Å². The number of hydrogen-bond acceptors (Lipinski definition) is 2. The Morgan fingerprint density at radius 1 is 0.941 bits per heavy atom. The minimum atomic E-state index is -0.0544. The zero-order valence-corrected chi connectivity index (χ0v) is 10.3. The van der Waals surface area contributed by atoms with Crippen LogP contribution < -0.4 is 5.32 Å². The van der Waals surface area contributed by atoms with E-state index in [0.29, 0.717) is 5.56 Å². The van der Waals surface area contributed by atoms with Crippen molar-refractivity contribution in [3.05, 3.63) is 60.2 Å². The van der Waals surface area contributed by atoms with Crippen LogP contribution >= 0.6 is 11.8 Å². The van der Waals surface area contributed by atoms with Crippen LogP contribution in [0, 0.1) is 0 Å². The molecule has 2 nitrogen and oxygen atoms in total. The Balaban J connectivity index is 2.11. The molecular formula is C14H13NOS. The second kappa shape index (κ2) is 5.55. The summed E-state index contributed by atoms with van der Waals surface area (Å²) in [7, 11) is 1.63. The van der Waals surface area contributed by atoms with Gasteiger partial charge in [0.05, 0.1) is 0 Å². The number of nitrogens with one attached hydrogen (secondary N) is 1. The molecule has 0 aliphatic rings. The lowest BCUT2D eigenvalue weighted by molar-refractivity contribution is 0.0963. The molecular weight excluding hydrogens is 230 g/mol. The fraction of sp³-hybridized carbons (Fsp3) is 0.0714.